The zero-order chi connectivity index (χ0) is 13.3. The molecular formula is C17H27N. The van der Waals surface area contributed by atoms with E-state index in [1.165, 1.54) is 42.4 Å². The minimum absolute atomic E-state index is 0.176. The largest absolute Gasteiger partial charge is 0.321 e. The molecule has 1 heteroatoms. The normalized spacial score (nSPS) is 27.8. The van der Waals surface area contributed by atoms with Crippen LogP contribution < -0.4 is 5.73 Å². The lowest BCUT2D eigenvalue weighted by atomic mass is 9.69. The Morgan fingerprint density at radius 1 is 1.22 bits per heavy atom. The zero-order valence-electron chi connectivity index (χ0n) is 12.3. The summed E-state index contributed by atoms with van der Waals surface area (Å²) in [5.74, 6) is 1.46. The van der Waals surface area contributed by atoms with E-state index in [1.54, 1.807) is 0 Å². The molecule has 1 aromatic carbocycles. The Bertz CT molecular complexity index is 420. The molecule has 0 saturated heterocycles. The maximum absolute atomic E-state index is 6.74. The molecular weight excluding hydrogens is 218 g/mol. The summed E-state index contributed by atoms with van der Waals surface area (Å²) >= 11 is 0. The van der Waals surface area contributed by atoms with Crippen LogP contribution in [-0.4, -0.2) is 0 Å². The van der Waals surface area contributed by atoms with Gasteiger partial charge in [0, 0.05) is 5.54 Å². The molecule has 0 aliphatic heterocycles. The Kier molecular flexibility index (Phi) is 3.82. The molecule has 1 aromatic rings. The van der Waals surface area contributed by atoms with Crippen molar-refractivity contribution in [3.8, 4) is 0 Å². The van der Waals surface area contributed by atoms with Crippen LogP contribution in [0.5, 0.6) is 0 Å². The van der Waals surface area contributed by atoms with Crippen molar-refractivity contribution < 1.29 is 0 Å². The van der Waals surface area contributed by atoms with E-state index in [2.05, 4.69) is 45.9 Å². The first kappa shape index (κ1) is 13.6. The van der Waals surface area contributed by atoms with Gasteiger partial charge in [-0.1, -0.05) is 43.5 Å². The Hall–Kier alpha value is -0.820. The molecule has 0 aromatic heterocycles. The number of hydrogen-bond acceptors (Lipinski definition) is 1. The molecule has 1 aliphatic carbocycles. The van der Waals surface area contributed by atoms with E-state index in [1.807, 2.05) is 0 Å². The van der Waals surface area contributed by atoms with Gasteiger partial charge in [-0.3, -0.25) is 0 Å². The van der Waals surface area contributed by atoms with Gasteiger partial charge in [-0.15, -0.1) is 0 Å². The number of benzene rings is 1. The van der Waals surface area contributed by atoms with Gasteiger partial charge < -0.3 is 5.73 Å². The van der Waals surface area contributed by atoms with Gasteiger partial charge in [-0.25, -0.2) is 0 Å². The van der Waals surface area contributed by atoms with E-state index < -0.39 is 0 Å². The maximum Gasteiger partial charge on any atom is 0.0412 e. The Labute approximate surface area is 112 Å². The van der Waals surface area contributed by atoms with Gasteiger partial charge in [-0.05, 0) is 56.6 Å². The van der Waals surface area contributed by atoms with Crippen LogP contribution in [0.2, 0.25) is 0 Å². The average molecular weight is 245 g/mol. The van der Waals surface area contributed by atoms with Gasteiger partial charge in [-0.2, -0.15) is 0 Å². The van der Waals surface area contributed by atoms with E-state index >= 15 is 0 Å². The fourth-order valence-corrected chi connectivity index (χ4v) is 3.51. The van der Waals surface area contributed by atoms with Crippen LogP contribution in [-0.2, 0) is 5.54 Å². The number of aryl methyl sites for hydroxylation is 2. The molecule has 0 spiro atoms. The third-order valence-corrected chi connectivity index (χ3v) is 4.76. The van der Waals surface area contributed by atoms with E-state index in [0.717, 1.165) is 5.92 Å². The summed E-state index contributed by atoms with van der Waals surface area (Å²) in [4.78, 5) is 0. The molecule has 3 unspecified atom stereocenters. The molecule has 0 amide bonds. The molecule has 100 valence electrons. The smallest absolute Gasteiger partial charge is 0.0412 e. The minimum atomic E-state index is -0.176. The summed E-state index contributed by atoms with van der Waals surface area (Å²) in [7, 11) is 0. The van der Waals surface area contributed by atoms with Crippen molar-refractivity contribution in [3.05, 3.63) is 34.9 Å². The highest BCUT2D eigenvalue weighted by Gasteiger charge is 2.35. The van der Waals surface area contributed by atoms with Crippen LogP contribution in [0, 0.1) is 25.7 Å². The topological polar surface area (TPSA) is 26.0 Å². The highest BCUT2D eigenvalue weighted by Crippen LogP contribution is 2.40. The summed E-state index contributed by atoms with van der Waals surface area (Å²) in [6.07, 6.45) is 5.27. The molecule has 1 aliphatic rings. The first-order valence-corrected chi connectivity index (χ1v) is 7.28. The second kappa shape index (κ2) is 5.05. The molecule has 2 N–H and O–H groups in total. The van der Waals surface area contributed by atoms with Gasteiger partial charge in [0.25, 0.3) is 0 Å². The molecule has 3 atom stereocenters. The average Bonchev–Trinajstić information content (AvgIpc) is 2.32. The van der Waals surface area contributed by atoms with Crippen molar-refractivity contribution in [2.24, 2.45) is 17.6 Å². The zero-order valence-corrected chi connectivity index (χ0v) is 12.3. The Morgan fingerprint density at radius 2 is 1.94 bits per heavy atom. The van der Waals surface area contributed by atoms with Gasteiger partial charge in [0.2, 0.25) is 0 Å². The van der Waals surface area contributed by atoms with Crippen molar-refractivity contribution >= 4 is 0 Å². The first-order valence-electron chi connectivity index (χ1n) is 7.28. The van der Waals surface area contributed by atoms with E-state index in [4.69, 9.17) is 5.73 Å². The number of nitrogens with two attached hydrogens (primary N) is 1. The van der Waals surface area contributed by atoms with E-state index in [-0.39, 0.29) is 5.54 Å². The molecule has 1 fully saturated rings. The summed E-state index contributed by atoms with van der Waals surface area (Å²) in [5.41, 5.74) is 10.6. The van der Waals surface area contributed by atoms with E-state index in [9.17, 15) is 0 Å². The second-order valence-electron chi connectivity index (χ2n) is 6.57. The Balaban J connectivity index is 2.31. The molecule has 0 bridgehead atoms. The van der Waals surface area contributed by atoms with Crippen LogP contribution in [0.3, 0.4) is 0 Å². The Morgan fingerprint density at radius 3 is 2.61 bits per heavy atom. The fraction of sp³-hybridized carbons (Fsp3) is 0.647. The van der Waals surface area contributed by atoms with Crippen LogP contribution in [0.4, 0.5) is 0 Å². The van der Waals surface area contributed by atoms with Gasteiger partial charge in [0.05, 0.1) is 0 Å². The molecule has 1 nitrogen and oxygen atoms in total. The SMILES string of the molecule is Cc1ccc(C)c(C(C)(N)C2CCCC(C)C2)c1. The van der Waals surface area contributed by atoms with E-state index in [0.29, 0.717) is 5.92 Å². The number of rotatable bonds is 2. The molecule has 0 radical (unpaired) electrons. The molecule has 0 heterocycles. The minimum Gasteiger partial charge on any atom is -0.321 e. The van der Waals surface area contributed by atoms with Crippen molar-refractivity contribution in [3.63, 3.8) is 0 Å². The second-order valence-corrected chi connectivity index (χ2v) is 6.57. The molecule has 1 saturated carbocycles. The van der Waals surface area contributed by atoms with Crippen LogP contribution in [0.1, 0.15) is 56.2 Å². The van der Waals surface area contributed by atoms with Crippen LogP contribution >= 0.6 is 0 Å². The fourth-order valence-electron chi connectivity index (χ4n) is 3.51. The third-order valence-electron chi connectivity index (χ3n) is 4.76. The highest BCUT2D eigenvalue weighted by molar-refractivity contribution is 5.36. The molecule has 2 rings (SSSR count). The molecule has 18 heavy (non-hydrogen) atoms. The van der Waals surface area contributed by atoms with Crippen molar-refractivity contribution in [1.82, 2.24) is 0 Å². The van der Waals surface area contributed by atoms with Crippen molar-refractivity contribution in [1.29, 1.82) is 0 Å². The summed E-state index contributed by atoms with van der Waals surface area (Å²) in [6, 6.07) is 6.68. The predicted molar refractivity (Wildman–Crippen MR) is 78.6 cm³/mol. The summed E-state index contributed by atoms with van der Waals surface area (Å²) in [6.45, 7) is 8.94. The summed E-state index contributed by atoms with van der Waals surface area (Å²) < 4.78 is 0. The maximum atomic E-state index is 6.74. The van der Waals surface area contributed by atoms with Crippen molar-refractivity contribution in [2.45, 2.75) is 58.9 Å². The quantitative estimate of drug-likeness (QED) is 0.826. The monoisotopic (exact) mass is 245 g/mol. The third kappa shape index (κ3) is 2.61. The van der Waals surface area contributed by atoms with Gasteiger partial charge in [0.1, 0.15) is 0 Å². The van der Waals surface area contributed by atoms with Gasteiger partial charge >= 0.3 is 0 Å². The standard InChI is InChI=1S/C17H27N/c1-12-6-5-7-15(10-12)17(4,18)16-11-13(2)8-9-14(16)3/h8-9,11-12,15H,5-7,10,18H2,1-4H3. The lowest BCUT2D eigenvalue weighted by Gasteiger charge is -2.40. The predicted octanol–water partition coefficient (Wildman–Crippen LogP) is 4.30. The lowest BCUT2D eigenvalue weighted by Crippen LogP contribution is -2.43. The summed E-state index contributed by atoms with van der Waals surface area (Å²) in [5, 5.41) is 0. The lowest BCUT2D eigenvalue weighted by molar-refractivity contribution is 0.184. The highest BCUT2D eigenvalue weighted by atomic mass is 14.8. The van der Waals surface area contributed by atoms with Gasteiger partial charge in [0.15, 0.2) is 0 Å². The number of hydrogen-bond donors (Lipinski definition) is 1. The van der Waals surface area contributed by atoms with Crippen molar-refractivity contribution in [2.75, 3.05) is 0 Å². The van der Waals surface area contributed by atoms with Crippen LogP contribution in [0.25, 0.3) is 0 Å². The first-order chi connectivity index (χ1) is 8.41. The van der Waals surface area contributed by atoms with Crippen LogP contribution in [0.15, 0.2) is 18.2 Å².